The van der Waals surface area contributed by atoms with Crippen LogP contribution in [0.25, 0.3) is 0 Å². The number of allylic oxidation sites excluding steroid dienone is 1. The summed E-state index contributed by atoms with van der Waals surface area (Å²) in [6.45, 7) is 3.82. The van der Waals surface area contributed by atoms with Gasteiger partial charge in [0.1, 0.15) is 5.82 Å². The van der Waals surface area contributed by atoms with E-state index in [2.05, 4.69) is 26.7 Å². The zero-order chi connectivity index (χ0) is 18.5. The van der Waals surface area contributed by atoms with Crippen molar-refractivity contribution in [1.82, 2.24) is 9.97 Å². The van der Waals surface area contributed by atoms with Gasteiger partial charge in [0.25, 0.3) is 0 Å². The lowest BCUT2D eigenvalue weighted by Gasteiger charge is -2.13. The number of fused-ring (bicyclic) bond motifs is 1. The minimum absolute atomic E-state index is 0.295. The highest BCUT2D eigenvalue weighted by Crippen LogP contribution is 2.32. The van der Waals surface area contributed by atoms with Gasteiger partial charge in [-0.05, 0) is 56.7 Å². The second-order valence-electron chi connectivity index (χ2n) is 7.04. The number of hydrogen-bond donors (Lipinski definition) is 2. The second-order valence-corrected chi connectivity index (χ2v) is 7.04. The molecule has 6 heteroatoms. The number of nitrogens with one attached hydrogen (secondary N) is 2. The first-order valence-corrected chi connectivity index (χ1v) is 9.66. The summed E-state index contributed by atoms with van der Waals surface area (Å²) in [4.78, 5) is 9.10. The second kappa shape index (κ2) is 8.29. The summed E-state index contributed by atoms with van der Waals surface area (Å²) in [5, 5.41) is 6.74. The van der Waals surface area contributed by atoms with Crippen LogP contribution in [0.2, 0.25) is 0 Å². The van der Waals surface area contributed by atoms with Crippen molar-refractivity contribution in [1.29, 1.82) is 0 Å². The average Bonchev–Trinajstić information content (AvgIpc) is 3.15. The Morgan fingerprint density at radius 1 is 1.04 bits per heavy atom. The van der Waals surface area contributed by atoms with E-state index in [1.165, 1.54) is 25.7 Å². The largest absolute Gasteiger partial charge is 0.454 e. The molecule has 4 rings (SSSR count). The molecule has 0 fully saturated rings. The fourth-order valence-corrected chi connectivity index (χ4v) is 3.45. The van der Waals surface area contributed by atoms with Crippen molar-refractivity contribution in [2.45, 2.75) is 45.6 Å². The Bertz CT molecular complexity index is 835. The van der Waals surface area contributed by atoms with Gasteiger partial charge < -0.3 is 20.1 Å². The summed E-state index contributed by atoms with van der Waals surface area (Å²) in [6.07, 6.45) is 8.57. The molecule has 0 radical (unpaired) electrons. The Morgan fingerprint density at radius 3 is 2.85 bits per heavy atom. The molecule has 0 spiro atoms. The van der Waals surface area contributed by atoms with Crippen LogP contribution in [0.4, 0.5) is 11.8 Å². The molecule has 0 bridgehead atoms. The van der Waals surface area contributed by atoms with Gasteiger partial charge in [0.2, 0.25) is 12.7 Å². The highest BCUT2D eigenvalue weighted by molar-refractivity contribution is 5.47. The summed E-state index contributed by atoms with van der Waals surface area (Å²) >= 11 is 0. The molecule has 1 aromatic carbocycles. The molecule has 1 aromatic heterocycles. The van der Waals surface area contributed by atoms with Crippen LogP contribution in [0, 0.1) is 6.92 Å². The summed E-state index contributed by atoms with van der Waals surface area (Å²) in [7, 11) is 0. The van der Waals surface area contributed by atoms with Crippen LogP contribution in [0.3, 0.4) is 0 Å². The number of aryl methyl sites for hydroxylation is 1. The maximum atomic E-state index is 5.43. The number of benzene rings is 1. The van der Waals surface area contributed by atoms with Gasteiger partial charge in [-0.1, -0.05) is 17.7 Å². The lowest BCUT2D eigenvalue weighted by Crippen LogP contribution is -2.10. The topological polar surface area (TPSA) is 68.3 Å². The number of ether oxygens (including phenoxy) is 2. The first kappa shape index (κ1) is 17.6. The van der Waals surface area contributed by atoms with Gasteiger partial charge >= 0.3 is 0 Å². The summed E-state index contributed by atoms with van der Waals surface area (Å²) in [6, 6.07) is 7.94. The van der Waals surface area contributed by atoms with Gasteiger partial charge in [0.15, 0.2) is 11.5 Å². The molecular weight excluding hydrogens is 340 g/mol. The average molecular weight is 366 g/mol. The van der Waals surface area contributed by atoms with Gasteiger partial charge in [0, 0.05) is 24.8 Å². The Kier molecular flexibility index (Phi) is 5.42. The minimum atomic E-state index is 0.295. The van der Waals surface area contributed by atoms with E-state index in [1.54, 1.807) is 5.57 Å². The van der Waals surface area contributed by atoms with Crippen molar-refractivity contribution in [3.05, 3.63) is 47.2 Å². The van der Waals surface area contributed by atoms with E-state index in [0.717, 1.165) is 41.5 Å². The first-order valence-electron chi connectivity index (χ1n) is 9.66. The van der Waals surface area contributed by atoms with Gasteiger partial charge in [-0.2, -0.15) is 4.98 Å². The molecule has 0 saturated carbocycles. The molecule has 27 heavy (non-hydrogen) atoms. The molecule has 1 aliphatic heterocycles. The lowest BCUT2D eigenvalue weighted by molar-refractivity contribution is 0.174. The zero-order valence-corrected chi connectivity index (χ0v) is 15.8. The Balaban J connectivity index is 1.33. The summed E-state index contributed by atoms with van der Waals surface area (Å²) in [5.74, 6) is 3.10. The van der Waals surface area contributed by atoms with Crippen molar-refractivity contribution >= 4 is 11.8 Å². The molecule has 6 nitrogen and oxygen atoms in total. The minimum Gasteiger partial charge on any atom is -0.454 e. The van der Waals surface area contributed by atoms with Crippen LogP contribution >= 0.6 is 0 Å². The smallest absolute Gasteiger partial charge is 0.231 e. The van der Waals surface area contributed by atoms with E-state index in [9.17, 15) is 0 Å². The van der Waals surface area contributed by atoms with Crippen LogP contribution in [0.1, 0.15) is 43.4 Å². The molecule has 142 valence electrons. The van der Waals surface area contributed by atoms with E-state index in [0.29, 0.717) is 19.3 Å². The standard InChI is InChI=1S/C21H26N4O2/c1-15-11-20(23-13-17-7-8-18-19(12-17)27-14-26-18)25-21(24-15)22-10-9-16-5-3-2-4-6-16/h5,7-8,11-12H,2-4,6,9-10,13-14H2,1H3,(H2,22,23,24,25). The van der Waals surface area contributed by atoms with Gasteiger partial charge in [0.05, 0.1) is 0 Å². The SMILES string of the molecule is Cc1cc(NCc2ccc3c(c2)OCO3)nc(NCCC2=CCCCC2)n1. The van der Waals surface area contributed by atoms with E-state index in [-0.39, 0.29) is 0 Å². The van der Waals surface area contributed by atoms with Crippen LogP contribution in [-0.4, -0.2) is 23.3 Å². The third-order valence-electron chi connectivity index (χ3n) is 4.88. The third kappa shape index (κ3) is 4.70. The number of hydrogen-bond acceptors (Lipinski definition) is 6. The van der Waals surface area contributed by atoms with Crippen molar-refractivity contribution in [3.63, 3.8) is 0 Å². The Labute approximate surface area is 160 Å². The molecule has 0 atom stereocenters. The maximum absolute atomic E-state index is 5.43. The van der Waals surface area contributed by atoms with Gasteiger partial charge in [-0.25, -0.2) is 4.98 Å². The number of anilines is 2. The van der Waals surface area contributed by atoms with Gasteiger partial charge in [-0.15, -0.1) is 0 Å². The third-order valence-corrected chi connectivity index (χ3v) is 4.88. The number of aromatic nitrogens is 2. The first-order chi connectivity index (χ1) is 13.3. The molecule has 0 unspecified atom stereocenters. The predicted molar refractivity (Wildman–Crippen MR) is 106 cm³/mol. The lowest BCUT2D eigenvalue weighted by atomic mass is 9.97. The molecule has 0 amide bonds. The van der Waals surface area contributed by atoms with Crippen molar-refractivity contribution in [2.75, 3.05) is 24.0 Å². The fourth-order valence-electron chi connectivity index (χ4n) is 3.45. The molecule has 0 saturated heterocycles. The molecule has 2 N–H and O–H groups in total. The van der Waals surface area contributed by atoms with Crippen LogP contribution in [0.15, 0.2) is 35.9 Å². The molecule has 2 heterocycles. The normalized spacial score (nSPS) is 15.4. The molecule has 2 aliphatic rings. The highest BCUT2D eigenvalue weighted by Gasteiger charge is 2.13. The zero-order valence-electron chi connectivity index (χ0n) is 15.8. The van der Waals surface area contributed by atoms with Crippen LogP contribution < -0.4 is 20.1 Å². The molecule has 1 aliphatic carbocycles. The molecule has 2 aromatic rings. The number of nitrogens with zero attached hydrogens (tertiary/aromatic N) is 2. The number of rotatable bonds is 7. The van der Waals surface area contributed by atoms with Crippen molar-refractivity contribution in [2.24, 2.45) is 0 Å². The van der Waals surface area contributed by atoms with Crippen LogP contribution in [0.5, 0.6) is 11.5 Å². The van der Waals surface area contributed by atoms with Gasteiger partial charge in [-0.3, -0.25) is 0 Å². The summed E-state index contributed by atoms with van der Waals surface area (Å²) in [5.41, 5.74) is 3.62. The predicted octanol–water partition coefficient (Wildman–Crippen LogP) is 4.43. The van der Waals surface area contributed by atoms with Crippen molar-refractivity contribution in [3.8, 4) is 11.5 Å². The van der Waals surface area contributed by atoms with E-state index >= 15 is 0 Å². The van der Waals surface area contributed by atoms with Crippen molar-refractivity contribution < 1.29 is 9.47 Å². The quantitative estimate of drug-likeness (QED) is 0.707. The Hall–Kier alpha value is -2.76. The maximum Gasteiger partial charge on any atom is 0.231 e. The monoisotopic (exact) mass is 366 g/mol. The fraction of sp³-hybridized carbons (Fsp3) is 0.429. The highest BCUT2D eigenvalue weighted by atomic mass is 16.7. The Morgan fingerprint density at radius 2 is 1.96 bits per heavy atom. The molecular formula is C21H26N4O2. The van der Waals surface area contributed by atoms with E-state index in [4.69, 9.17) is 9.47 Å². The summed E-state index contributed by atoms with van der Waals surface area (Å²) < 4.78 is 10.8. The van der Waals surface area contributed by atoms with Crippen LogP contribution in [-0.2, 0) is 6.54 Å². The van der Waals surface area contributed by atoms with E-state index < -0.39 is 0 Å². The van der Waals surface area contributed by atoms with E-state index in [1.807, 2.05) is 31.2 Å².